The highest BCUT2D eigenvalue weighted by molar-refractivity contribution is 7.93. The highest BCUT2D eigenvalue weighted by atomic mass is 32.2. The van der Waals surface area contributed by atoms with Crippen molar-refractivity contribution < 1.29 is 46.4 Å². The van der Waals surface area contributed by atoms with Crippen molar-refractivity contribution in [2.75, 3.05) is 59.7 Å². The van der Waals surface area contributed by atoms with Crippen LogP contribution in [0.1, 0.15) is 29.5 Å². The van der Waals surface area contributed by atoms with Gasteiger partial charge in [0.25, 0.3) is 0 Å². The Morgan fingerprint density at radius 1 is 0.950 bits per heavy atom. The first-order valence-corrected chi connectivity index (χ1v) is 16.7. The van der Waals surface area contributed by atoms with Crippen LogP contribution in [0.15, 0.2) is 35.7 Å². The maximum atomic E-state index is 12.9. The van der Waals surface area contributed by atoms with Crippen molar-refractivity contribution in [3.05, 3.63) is 52.4 Å². The number of nitrogens with one attached hydrogen (secondary N) is 1. The van der Waals surface area contributed by atoms with Gasteiger partial charge in [-0.2, -0.15) is 0 Å². The molecule has 0 saturated heterocycles. The number of hydrogen-bond donors (Lipinski definition) is 2. The third-order valence-corrected chi connectivity index (χ3v) is 7.58. The lowest BCUT2D eigenvalue weighted by Gasteiger charge is -2.13. The minimum atomic E-state index is -3.72. The number of aliphatic hydroxyl groups excluding tert-OH is 1. The van der Waals surface area contributed by atoms with E-state index in [-0.39, 0.29) is 25.5 Å². The van der Waals surface area contributed by atoms with E-state index in [1.807, 2.05) is 0 Å². The second-order valence-electron chi connectivity index (χ2n) is 9.08. The molecule has 2 aromatic carbocycles. The van der Waals surface area contributed by atoms with Gasteiger partial charge < -0.3 is 33.9 Å². The lowest BCUT2D eigenvalue weighted by Crippen LogP contribution is -2.18. The number of carbonyl (C=O) groups excluding carboxylic acids is 1. The van der Waals surface area contributed by atoms with Crippen molar-refractivity contribution in [1.82, 2.24) is 0 Å². The quantitative estimate of drug-likeness (QED) is 0.154. The Kier molecular flexibility index (Phi) is 13.0. The molecule has 2 rings (SSSR count). The van der Waals surface area contributed by atoms with Crippen LogP contribution in [0.4, 0.5) is 5.69 Å². The SMILES string of the molecule is COc1ccc(CS(=O)(=O)/C=C/c2c(OC)cc(CO)cc2OC)cc1NCC(=O)OCCCCOP(C)(C)=O. The maximum Gasteiger partial charge on any atom is 0.325 e. The van der Waals surface area contributed by atoms with Crippen molar-refractivity contribution in [2.24, 2.45) is 0 Å². The van der Waals surface area contributed by atoms with E-state index in [9.17, 15) is 22.9 Å². The zero-order chi connectivity index (χ0) is 29.8. The summed E-state index contributed by atoms with van der Waals surface area (Å²) >= 11 is 0. The Morgan fingerprint density at radius 2 is 1.57 bits per heavy atom. The molecule has 0 aliphatic heterocycles. The summed E-state index contributed by atoms with van der Waals surface area (Å²) in [5, 5.41) is 13.4. The van der Waals surface area contributed by atoms with Gasteiger partial charge in [-0.25, -0.2) is 8.42 Å². The summed E-state index contributed by atoms with van der Waals surface area (Å²) in [4.78, 5) is 12.1. The zero-order valence-electron chi connectivity index (χ0n) is 23.5. The van der Waals surface area contributed by atoms with Gasteiger partial charge in [-0.1, -0.05) is 6.07 Å². The van der Waals surface area contributed by atoms with Gasteiger partial charge >= 0.3 is 5.97 Å². The lowest BCUT2D eigenvalue weighted by molar-refractivity contribution is -0.141. The highest BCUT2D eigenvalue weighted by Gasteiger charge is 2.15. The highest BCUT2D eigenvalue weighted by Crippen LogP contribution is 2.37. The van der Waals surface area contributed by atoms with Crippen LogP contribution in [0.2, 0.25) is 0 Å². The van der Waals surface area contributed by atoms with E-state index in [4.69, 9.17) is 23.5 Å². The van der Waals surface area contributed by atoms with Crippen molar-refractivity contribution in [3.8, 4) is 17.2 Å². The number of unbranched alkanes of at least 4 members (excludes halogenated alkanes) is 1. The molecule has 40 heavy (non-hydrogen) atoms. The Morgan fingerprint density at radius 3 is 2.15 bits per heavy atom. The van der Waals surface area contributed by atoms with E-state index in [1.54, 1.807) is 43.7 Å². The number of rotatable bonds is 17. The fraction of sp³-hybridized carbons (Fsp3) is 0.444. The summed E-state index contributed by atoms with van der Waals surface area (Å²) in [6.07, 6.45) is 2.57. The van der Waals surface area contributed by atoms with Crippen molar-refractivity contribution >= 4 is 34.9 Å². The Labute approximate surface area is 235 Å². The van der Waals surface area contributed by atoms with Crippen LogP contribution in [0.3, 0.4) is 0 Å². The summed E-state index contributed by atoms with van der Waals surface area (Å²) in [6.45, 7) is 3.25. The predicted molar refractivity (Wildman–Crippen MR) is 154 cm³/mol. The molecule has 0 aliphatic carbocycles. The number of carbonyl (C=O) groups is 1. The average Bonchev–Trinajstić information content (AvgIpc) is 2.91. The largest absolute Gasteiger partial charge is 0.496 e. The fourth-order valence-electron chi connectivity index (χ4n) is 3.58. The van der Waals surface area contributed by atoms with E-state index in [2.05, 4.69) is 5.32 Å². The molecule has 13 heteroatoms. The van der Waals surface area contributed by atoms with Crippen molar-refractivity contribution in [3.63, 3.8) is 0 Å². The molecule has 0 aliphatic rings. The van der Waals surface area contributed by atoms with Crippen LogP contribution < -0.4 is 19.5 Å². The van der Waals surface area contributed by atoms with Gasteiger partial charge in [0.2, 0.25) is 0 Å². The van der Waals surface area contributed by atoms with Gasteiger partial charge in [0.05, 0.1) is 58.2 Å². The minimum absolute atomic E-state index is 0.147. The van der Waals surface area contributed by atoms with E-state index < -0.39 is 23.2 Å². The molecular formula is C27H38NO10PS. The normalized spacial score (nSPS) is 11.8. The Hall–Kier alpha value is -3.05. The molecule has 2 aromatic rings. The average molecular weight is 600 g/mol. The summed E-state index contributed by atoms with van der Waals surface area (Å²) in [5.41, 5.74) is 1.89. The van der Waals surface area contributed by atoms with Crippen molar-refractivity contribution in [1.29, 1.82) is 0 Å². The zero-order valence-corrected chi connectivity index (χ0v) is 25.2. The molecule has 0 radical (unpaired) electrons. The van der Waals surface area contributed by atoms with E-state index in [1.165, 1.54) is 27.4 Å². The molecule has 0 saturated carbocycles. The van der Waals surface area contributed by atoms with Crippen LogP contribution in [-0.2, 0) is 40.8 Å². The molecule has 0 fully saturated rings. The van der Waals surface area contributed by atoms with Crippen LogP contribution in [-0.4, -0.2) is 73.9 Å². The molecule has 0 heterocycles. The van der Waals surface area contributed by atoms with Gasteiger partial charge in [0, 0.05) is 18.7 Å². The third kappa shape index (κ3) is 11.2. The fourth-order valence-corrected chi connectivity index (χ4v) is 5.23. The number of hydrogen-bond acceptors (Lipinski definition) is 11. The standard InChI is InChI=1S/C27H38NO10PS/c1-34-24-9-8-20(14-23(24)28-17-27(30)37-11-6-7-12-38-39(4,5)31)19-40(32,33)13-10-22-25(35-2)15-21(18-29)16-26(22)36-3/h8-10,13-16,28-29H,6-7,11-12,17-19H2,1-5H3/b13-10+. The Balaban J connectivity index is 2.03. The molecule has 0 bridgehead atoms. The molecular weight excluding hydrogens is 561 g/mol. The van der Waals surface area contributed by atoms with Gasteiger partial charge in [-0.3, -0.25) is 9.36 Å². The minimum Gasteiger partial charge on any atom is -0.496 e. The summed E-state index contributed by atoms with van der Waals surface area (Å²) < 4.78 is 63.8. The number of aliphatic hydroxyl groups is 1. The monoisotopic (exact) mass is 599 g/mol. The van der Waals surface area contributed by atoms with Gasteiger partial charge in [-0.15, -0.1) is 0 Å². The molecule has 222 valence electrons. The molecule has 0 unspecified atom stereocenters. The summed E-state index contributed by atoms with van der Waals surface area (Å²) in [6, 6.07) is 8.04. The molecule has 0 spiro atoms. The Bertz CT molecular complexity index is 1300. The van der Waals surface area contributed by atoms with Crippen LogP contribution in [0.5, 0.6) is 17.2 Å². The topological polar surface area (TPSA) is 147 Å². The first-order valence-electron chi connectivity index (χ1n) is 12.4. The van der Waals surface area contributed by atoms with Crippen LogP contribution in [0, 0.1) is 0 Å². The maximum absolute atomic E-state index is 12.9. The number of sulfone groups is 1. The van der Waals surface area contributed by atoms with E-state index in [0.29, 0.717) is 59.1 Å². The second kappa shape index (κ2) is 15.7. The predicted octanol–water partition coefficient (Wildman–Crippen LogP) is 4.08. The van der Waals surface area contributed by atoms with Crippen LogP contribution in [0.25, 0.3) is 6.08 Å². The second-order valence-corrected chi connectivity index (χ2v) is 13.7. The summed E-state index contributed by atoms with van der Waals surface area (Å²) in [5.74, 6) is 0.355. The van der Waals surface area contributed by atoms with Crippen molar-refractivity contribution in [2.45, 2.75) is 25.2 Å². The number of methoxy groups -OCH3 is 3. The number of benzene rings is 2. The molecule has 0 atom stereocenters. The number of anilines is 1. The van der Waals surface area contributed by atoms with Gasteiger partial charge in [0.1, 0.15) is 23.8 Å². The summed E-state index contributed by atoms with van der Waals surface area (Å²) in [7, 11) is -1.89. The molecule has 2 N–H and O–H groups in total. The molecule has 11 nitrogen and oxygen atoms in total. The van der Waals surface area contributed by atoms with Gasteiger partial charge in [-0.05, 0) is 54.3 Å². The van der Waals surface area contributed by atoms with E-state index in [0.717, 1.165) is 5.41 Å². The molecule has 0 aromatic heterocycles. The smallest absolute Gasteiger partial charge is 0.325 e. The first-order chi connectivity index (χ1) is 18.9. The van der Waals surface area contributed by atoms with Gasteiger partial charge in [0.15, 0.2) is 17.2 Å². The van der Waals surface area contributed by atoms with Crippen LogP contribution >= 0.6 is 7.37 Å². The molecule has 0 amide bonds. The lowest BCUT2D eigenvalue weighted by atomic mass is 10.1. The number of esters is 1. The first kappa shape index (κ1) is 33.2. The van der Waals surface area contributed by atoms with E-state index >= 15 is 0 Å². The number of ether oxygens (including phenoxy) is 4. The third-order valence-electron chi connectivity index (χ3n) is 5.49.